The maximum absolute atomic E-state index is 13.8. The minimum absolute atomic E-state index is 0.166. The largest absolute Gasteiger partial charge is 0.413 e. The summed E-state index contributed by atoms with van der Waals surface area (Å²) in [4.78, 5) is 23.7. The molecule has 1 atom stereocenters. The second-order valence-corrected chi connectivity index (χ2v) is 6.75. The van der Waals surface area contributed by atoms with E-state index in [2.05, 4.69) is 25.4 Å². The lowest BCUT2D eigenvalue weighted by atomic mass is 10.1. The third kappa shape index (κ3) is 3.54. The predicted molar refractivity (Wildman–Crippen MR) is 104 cm³/mol. The number of hydrogen-bond donors (Lipinski definition) is 2. The van der Waals surface area contributed by atoms with Crippen LogP contribution in [0.1, 0.15) is 6.92 Å². The molecule has 4 aromatic rings. The Kier molecular flexibility index (Phi) is 5.04. The highest BCUT2D eigenvalue weighted by Crippen LogP contribution is 2.30. The van der Waals surface area contributed by atoms with Gasteiger partial charge in [-0.15, -0.1) is 0 Å². The first-order chi connectivity index (χ1) is 14.4. The zero-order valence-corrected chi connectivity index (χ0v) is 16.4. The van der Waals surface area contributed by atoms with Gasteiger partial charge in [-0.25, -0.2) is 23.5 Å². The molecule has 0 unspecified atom stereocenters. The number of rotatable bonds is 5. The van der Waals surface area contributed by atoms with Crippen LogP contribution in [0.4, 0.5) is 13.6 Å². The van der Waals surface area contributed by atoms with Crippen LogP contribution in [-0.4, -0.2) is 50.6 Å². The van der Waals surface area contributed by atoms with Crippen LogP contribution in [0.25, 0.3) is 33.5 Å². The summed E-state index contributed by atoms with van der Waals surface area (Å²) in [5.41, 5.74) is 1.73. The Morgan fingerprint density at radius 2 is 2.10 bits per heavy atom. The fourth-order valence-electron chi connectivity index (χ4n) is 3.12. The van der Waals surface area contributed by atoms with Gasteiger partial charge in [0.05, 0.1) is 24.4 Å². The normalized spacial score (nSPS) is 12.4. The lowest BCUT2D eigenvalue weighted by molar-refractivity contribution is 0.159. The molecule has 0 bridgehead atoms. The van der Waals surface area contributed by atoms with E-state index in [0.717, 1.165) is 12.1 Å². The number of nitrogens with zero attached hydrogens (tertiary/aromatic N) is 4. The summed E-state index contributed by atoms with van der Waals surface area (Å²) in [6, 6.07) is 1.89. The smallest absolute Gasteiger partial charge is 0.406 e. The van der Waals surface area contributed by atoms with E-state index in [0.29, 0.717) is 40.1 Å². The molecule has 0 radical (unpaired) electrons. The number of hydrogen-bond acceptors (Lipinski definition) is 6. The van der Waals surface area contributed by atoms with E-state index < -0.39 is 17.7 Å². The van der Waals surface area contributed by atoms with Gasteiger partial charge < -0.3 is 19.8 Å². The molecule has 0 aliphatic heterocycles. The average molecular weight is 416 g/mol. The van der Waals surface area contributed by atoms with Gasteiger partial charge in [0, 0.05) is 31.8 Å². The molecule has 3 aromatic heterocycles. The Bertz CT molecular complexity index is 1250. The lowest BCUT2D eigenvalue weighted by Gasteiger charge is -2.12. The number of nitrogens with one attached hydrogen (secondary N) is 2. The quantitative estimate of drug-likeness (QED) is 0.518. The van der Waals surface area contributed by atoms with Crippen molar-refractivity contribution in [2.45, 2.75) is 13.0 Å². The highest BCUT2D eigenvalue weighted by molar-refractivity contribution is 5.93. The van der Waals surface area contributed by atoms with Gasteiger partial charge in [0.2, 0.25) is 0 Å². The van der Waals surface area contributed by atoms with Gasteiger partial charge in [-0.2, -0.15) is 5.10 Å². The van der Waals surface area contributed by atoms with Crippen LogP contribution in [0.3, 0.4) is 0 Å². The molecule has 0 aliphatic rings. The summed E-state index contributed by atoms with van der Waals surface area (Å²) in [6.45, 7) is 2.10. The SMILES string of the molecule is COC[C@H](C)NC(=O)Oc1c[nH]c2ncc(-c3nn(C)c4cc(F)c(F)cc34)nc12. The van der Waals surface area contributed by atoms with Crippen LogP contribution in [0.15, 0.2) is 24.5 Å². The molecule has 9 nitrogen and oxygen atoms in total. The van der Waals surface area contributed by atoms with E-state index in [4.69, 9.17) is 9.47 Å². The van der Waals surface area contributed by atoms with E-state index in [9.17, 15) is 13.6 Å². The highest BCUT2D eigenvalue weighted by Gasteiger charge is 2.19. The number of halogens is 2. The van der Waals surface area contributed by atoms with Crippen LogP contribution >= 0.6 is 0 Å². The molecule has 0 saturated carbocycles. The number of aryl methyl sites for hydroxylation is 1. The van der Waals surface area contributed by atoms with Gasteiger partial charge in [0.15, 0.2) is 28.5 Å². The first-order valence-electron chi connectivity index (χ1n) is 9.01. The van der Waals surface area contributed by atoms with Crippen molar-refractivity contribution < 1.29 is 23.0 Å². The van der Waals surface area contributed by atoms with Crippen LogP contribution in [0.5, 0.6) is 5.75 Å². The summed E-state index contributed by atoms with van der Waals surface area (Å²) in [6.07, 6.45) is 2.24. The summed E-state index contributed by atoms with van der Waals surface area (Å²) in [5.74, 6) is -1.79. The third-order valence-electron chi connectivity index (χ3n) is 4.46. The predicted octanol–water partition coefficient (Wildman–Crippen LogP) is 2.91. The van der Waals surface area contributed by atoms with E-state index in [1.807, 2.05) is 0 Å². The first kappa shape index (κ1) is 19.7. The van der Waals surface area contributed by atoms with Crippen molar-refractivity contribution in [3.05, 3.63) is 36.2 Å². The van der Waals surface area contributed by atoms with Gasteiger partial charge in [-0.05, 0) is 13.0 Å². The van der Waals surface area contributed by atoms with Crippen molar-refractivity contribution >= 4 is 28.2 Å². The highest BCUT2D eigenvalue weighted by atomic mass is 19.2. The van der Waals surface area contributed by atoms with Crippen molar-refractivity contribution in [2.75, 3.05) is 13.7 Å². The van der Waals surface area contributed by atoms with Crippen molar-refractivity contribution in [3.8, 4) is 17.1 Å². The van der Waals surface area contributed by atoms with Crippen molar-refractivity contribution in [1.82, 2.24) is 30.0 Å². The molecule has 3 heterocycles. The number of benzene rings is 1. The molecule has 2 N–H and O–H groups in total. The number of methoxy groups -OCH3 is 1. The summed E-state index contributed by atoms with van der Waals surface area (Å²) in [5, 5.41) is 7.33. The van der Waals surface area contributed by atoms with Crippen LogP contribution in [0, 0.1) is 11.6 Å². The minimum atomic E-state index is -0.988. The third-order valence-corrected chi connectivity index (χ3v) is 4.46. The monoisotopic (exact) mass is 416 g/mol. The number of ether oxygens (including phenoxy) is 2. The Morgan fingerprint density at radius 1 is 1.33 bits per heavy atom. The van der Waals surface area contributed by atoms with E-state index >= 15 is 0 Å². The zero-order valence-electron chi connectivity index (χ0n) is 16.4. The Balaban J connectivity index is 1.71. The number of amides is 1. The van der Waals surface area contributed by atoms with Crippen LogP contribution in [-0.2, 0) is 11.8 Å². The number of aromatic nitrogens is 5. The van der Waals surface area contributed by atoms with Gasteiger partial charge in [-0.1, -0.05) is 0 Å². The van der Waals surface area contributed by atoms with E-state index in [1.54, 1.807) is 14.0 Å². The molecule has 156 valence electrons. The zero-order chi connectivity index (χ0) is 21.4. The van der Waals surface area contributed by atoms with Crippen molar-refractivity contribution in [3.63, 3.8) is 0 Å². The molecule has 30 heavy (non-hydrogen) atoms. The minimum Gasteiger partial charge on any atom is -0.406 e. The van der Waals surface area contributed by atoms with Crippen molar-refractivity contribution in [2.24, 2.45) is 7.05 Å². The second-order valence-electron chi connectivity index (χ2n) is 6.75. The van der Waals surface area contributed by atoms with E-state index in [-0.39, 0.29) is 11.8 Å². The number of aromatic amines is 1. The molecule has 4 rings (SSSR count). The van der Waals surface area contributed by atoms with Crippen LogP contribution < -0.4 is 10.1 Å². The number of H-pyrrole nitrogens is 1. The van der Waals surface area contributed by atoms with Gasteiger partial charge in [0.25, 0.3) is 0 Å². The average Bonchev–Trinajstić information content (AvgIpc) is 3.23. The topological polar surface area (TPSA) is 107 Å². The van der Waals surface area contributed by atoms with E-state index in [1.165, 1.54) is 24.2 Å². The Morgan fingerprint density at radius 3 is 2.87 bits per heavy atom. The summed E-state index contributed by atoms with van der Waals surface area (Å²) < 4.78 is 39.1. The summed E-state index contributed by atoms with van der Waals surface area (Å²) in [7, 11) is 3.15. The molecule has 11 heteroatoms. The lowest BCUT2D eigenvalue weighted by Crippen LogP contribution is -2.37. The van der Waals surface area contributed by atoms with Gasteiger partial charge >= 0.3 is 6.09 Å². The molecular weight excluding hydrogens is 398 g/mol. The fraction of sp³-hybridized carbons (Fsp3) is 0.263. The Hall–Kier alpha value is -3.60. The molecule has 0 aliphatic carbocycles. The number of carbonyl (C=O) groups is 1. The number of carbonyl (C=O) groups excluding carboxylic acids is 1. The fourth-order valence-corrected chi connectivity index (χ4v) is 3.12. The number of fused-ring (bicyclic) bond motifs is 2. The maximum atomic E-state index is 13.8. The maximum Gasteiger partial charge on any atom is 0.413 e. The molecule has 0 saturated heterocycles. The van der Waals surface area contributed by atoms with Crippen molar-refractivity contribution in [1.29, 1.82) is 0 Å². The molecular formula is C19H18F2N6O3. The van der Waals surface area contributed by atoms with Gasteiger partial charge in [-0.3, -0.25) is 4.68 Å². The summed E-state index contributed by atoms with van der Waals surface area (Å²) >= 11 is 0. The second kappa shape index (κ2) is 7.67. The molecule has 0 fully saturated rings. The standard InChI is InChI=1S/C19H18F2N6O3/c1-9(8-29-3)24-19(28)30-15-7-23-18-17(15)25-13(6-22-18)16-10-4-11(20)12(21)5-14(10)27(2)26-16/h4-7,9H,8H2,1-3H3,(H,22,23)(H,24,28)/t9-/m0/s1. The van der Waals surface area contributed by atoms with Crippen LogP contribution in [0.2, 0.25) is 0 Å². The Labute approximate surface area is 169 Å². The molecule has 0 spiro atoms. The first-order valence-corrected chi connectivity index (χ1v) is 9.01. The molecule has 1 amide bonds. The molecule has 1 aromatic carbocycles. The van der Waals surface area contributed by atoms with Gasteiger partial charge in [0.1, 0.15) is 11.4 Å².